The van der Waals surface area contributed by atoms with Gasteiger partial charge in [0.15, 0.2) is 5.78 Å². The first kappa shape index (κ1) is 11.2. The predicted octanol–water partition coefficient (Wildman–Crippen LogP) is 1.94. The fourth-order valence-electron chi connectivity index (χ4n) is 4.03. The number of hydrogen-bond donors (Lipinski definition) is 0. The van der Waals surface area contributed by atoms with Crippen molar-refractivity contribution < 1.29 is 14.3 Å². The number of carbonyl (C=O) groups is 1. The number of Topliss-reactive ketones (excluding diaryl/α,β-unsaturated/α-hetero) is 1. The van der Waals surface area contributed by atoms with Gasteiger partial charge in [-0.15, -0.1) is 0 Å². The second-order valence-electron chi connectivity index (χ2n) is 5.26. The van der Waals surface area contributed by atoms with Crippen molar-refractivity contribution in [3.8, 4) is 0 Å². The molecule has 2 bridgehead atoms. The van der Waals surface area contributed by atoms with Gasteiger partial charge in [0.1, 0.15) is 0 Å². The average Bonchev–Trinajstić information content (AvgIpc) is 2.81. The Kier molecular flexibility index (Phi) is 2.32. The molecule has 0 heterocycles. The molecule has 4 rings (SSSR count). The summed E-state index contributed by atoms with van der Waals surface area (Å²) in [6.07, 6.45) is 7.52. The molecule has 1 saturated carbocycles. The third kappa shape index (κ3) is 1.16. The van der Waals surface area contributed by atoms with Crippen molar-refractivity contribution in [1.29, 1.82) is 0 Å². The molecular formula is C14H18O3. The molecule has 4 aliphatic rings. The predicted molar refractivity (Wildman–Crippen MR) is 63.2 cm³/mol. The Labute approximate surface area is 101 Å². The molecule has 92 valence electrons. The van der Waals surface area contributed by atoms with Crippen molar-refractivity contribution in [2.45, 2.75) is 19.1 Å². The molecule has 0 aromatic rings. The summed E-state index contributed by atoms with van der Waals surface area (Å²) < 4.78 is 11.0. The molecule has 0 amide bonds. The third-order valence-corrected chi connectivity index (χ3v) is 4.70. The van der Waals surface area contributed by atoms with E-state index in [2.05, 4.69) is 25.2 Å². The summed E-state index contributed by atoms with van der Waals surface area (Å²) in [5, 5.41) is 0. The lowest BCUT2D eigenvalue weighted by Gasteiger charge is -2.52. The standard InChI is InChI=1S/C14H18O3/c1-8-7-11-9-5-4-6-10(9)12(8)14(16-2,17-3)13(11)15/h4-5,7,9-12H,6H2,1-3H3/t9?,10?,11-,12+/m1/s1. The van der Waals surface area contributed by atoms with Crippen molar-refractivity contribution in [2.75, 3.05) is 14.2 Å². The van der Waals surface area contributed by atoms with Gasteiger partial charge in [-0.1, -0.05) is 23.8 Å². The van der Waals surface area contributed by atoms with Crippen LogP contribution < -0.4 is 0 Å². The summed E-state index contributed by atoms with van der Waals surface area (Å²) in [4.78, 5) is 12.5. The second kappa shape index (κ2) is 3.53. The number of hydrogen-bond acceptors (Lipinski definition) is 3. The maximum Gasteiger partial charge on any atom is 0.236 e. The monoisotopic (exact) mass is 234 g/mol. The summed E-state index contributed by atoms with van der Waals surface area (Å²) in [7, 11) is 3.15. The summed E-state index contributed by atoms with van der Waals surface area (Å²) in [5.74, 6) is -0.141. The average molecular weight is 234 g/mol. The van der Waals surface area contributed by atoms with E-state index in [1.807, 2.05) is 0 Å². The lowest BCUT2D eigenvalue weighted by molar-refractivity contribution is -0.249. The van der Waals surface area contributed by atoms with E-state index in [4.69, 9.17) is 9.47 Å². The first-order valence-electron chi connectivity index (χ1n) is 6.15. The summed E-state index contributed by atoms with van der Waals surface area (Å²) in [5.41, 5.74) is 1.24. The fraction of sp³-hybridized carbons (Fsp3) is 0.643. The number of allylic oxidation sites excluding steroid dienone is 3. The lowest BCUT2D eigenvalue weighted by atomic mass is 9.57. The number of ether oxygens (including phenoxy) is 2. The van der Waals surface area contributed by atoms with Gasteiger partial charge in [0.05, 0.1) is 0 Å². The smallest absolute Gasteiger partial charge is 0.236 e. The highest BCUT2D eigenvalue weighted by Gasteiger charge is 2.62. The Morgan fingerprint density at radius 2 is 2.06 bits per heavy atom. The van der Waals surface area contributed by atoms with Crippen molar-refractivity contribution in [2.24, 2.45) is 23.7 Å². The van der Waals surface area contributed by atoms with Gasteiger partial charge in [-0.25, -0.2) is 0 Å². The number of ketones is 1. The zero-order chi connectivity index (χ0) is 12.2. The maximum atomic E-state index is 12.5. The van der Waals surface area contributed by atoms with Gasteiger partial charge in [-0.2, -0.15) is 0 Å². The Bertz CT molecular complexity index is 417. The topological polar surface area (TPSA) is 35.5 Å². The van der Waals surface area contributed by atoms with E-state index in [0.717, 1.165) is 6.42 Å². The van der Waals surface area contributed by atoms with Gasteiger partial charge in [-0.05, 0) is 25.2 Å². The van der Waals surface area contributed by atoms with Crippen molar-refractivity contribution >= 4 is 5.78 Å². The van der Waals surface area contributed by atoms with E-state index in [1.165, 1.54) is 5.57 Å². The van der Waals surface area contributed by atoms with Crippen LogP contribution in [0.25, 0.3) is 0 Å². The van der Waals surface area contributed by atoms with Crippen LogP contribution in [-0.4, -0.2) is 25.8 Å². The van der Waals surface area contributed by atoms with Gasteiger partial charge in [0.25, 0.3) is 0 Å². The van der Waals surface area contributed by atoms with E-state index >= 15 is 0 Å². The van der Waals surface area contributed by atoms with E-state index in [1.54, 1.807) is 14.2 Å². The van der Waals surface area contributed by atoms with Crippen LogP contribution in [0.5, 0.6) is 0 Å². The molecule has 3 heteroatoms. The number of fused-ring (bicyclic) bond motifs is 1. The van der Waals surface area contributed by atoms with Crippen molar-refractivity contribution in [3.05, 3.63) is 23.8 Å². The van der Waals surface area contributed by atoms with Crippen LogP contribution in [-0.2, 0) is 14.3 Å². The largest absolute Gasteiger partial charge is 0.347 e. The molecule has 2 unspecified atom stereocenters. The Morgan fingerprint density at radius 1 is 1.35 bits per heavy atom. The van der Waals surface area contributed by atoms with E-state index < -0.39 is 5.79 Å². The maximum absolute atomic E-state index is 12.5. The highest BCUT2D eigenvalue weighted by atomic mass is 16.7. The van der Waals surface area contributed by atoms with E-state index in [9.17, 15) is 4.79 Å². The first-order valence-corrected chi connectivity index (χ1v) is 6.15. The summed E-state index contributed by atoms with van der Waals surface area (Å²) in [6, 6.07) is 0. The van der Waals surface area contributed by atoms with Gasteiger partial charge in [0, 0.05) is 26.1 Å². The number of carbonyl (C=O) groups excluding carboxylic acids is 1. The molecule has 4 aliphatic carbocycles. The molecule has 0 aromatic heterocycles. The van der Waals surface area contributed by atoms with Crippen LogP contribution in [0.3, 0.4) is 0 Å². The van der Waals surface area contributed by atoms with Crippen LogP contribution in [0, 0.1) is 23.7 Å². The molecule has 4 atom stereocenters. The van der Waals surface area contributed by atoms with Crippen LogP contribution in [0.2, 0.25) is 0 Å². The molecule has 3 nitrogen and oxygen atoms in total. The summed E-state index contributed by atoms with van der Waals surface area (Å²) >= 11 is 0. The van der Waals surface area contributed by atoms with Crippen LogP contribution in [0.1, 0.15) is 13.3 Å². The van der Waals surface area contributed by atoms with Crippen LogP contribution >= 0.6 is 0 Å². The molecule has 1 fully saturated rings. The summed E-state index contributed by atoms with van der Waals surface area (Å²) in [6.45, 7) is 2.09. The molecule has 0 N–H and O–H groups in total. The molecule has 0 spiro atoms. The minimum Gasteiger partial charge on any atom is -0.347 e. The molecule has 0 saturated heterocycles. The van der Waals surface area contributed by atoms with Crippen molar-refractivity contribution in [1.82, 2.24) is 0 Å². The van der Waals surface area contributed by atoms with Gasteiger partial charge < -0.3 is 9.47 Å². The molecule has 17 heavy (non-hydrogen) atoms. The number of methoxy groups -OCH3 is 2. The van der Waals surface area contributed by atoms with Gasteiger partial charge >= 0.3 is 0 Å². The SMILES string of the molecule is COC1(OC)C(=O)[C@@H]2C=C(C)[C@H]1C1CC=CC12. The Morgan fingerprint density at radius 3 is 2.71 bits per heavy atom. The number of rotatable bonds is 2. The molecule has 0 aromatic carbocycles. The zero-order valence-electron chi connectivity index (χ0n) is 10.5. The van der Waals surface area contributed by atoms with Gasteiger partial charge in [-0.3, -0.25) is 4.79 Å². The lowest BCUT2D eigenvalue weighted by Crippen LogP contribution is -2.62. The second-order valence-corrected chi connectivity index (χ2v) is 5.26. The molecular weight excluding hydrogens is 216 g/mol. The molecule has 0 radical (unpaired) electrons. The first-order chi connectivity index (χ1) is 8.15. The van der Waals surface area contributed by atoms with Crippen LogP contribution in [0.4, 0.5) is 0 Å². The van der Waals surface area contributed by atoms with Gasteiger partial charge in [0.2, 0.25) is 5.79 Å². The normalized spacial score (nSPS) is 41.6. The highest BCUT2D eigenvalue weighted by molar-refractivity contribution is 5.93. The van der Waals surface area contributed by atoms with E-state index in [0.29, 0.717) is 11.8 Å². The molecule has 0 aliphatic heterocycles. The van der Waals surface area contributed by atoms with E-state index in [-0.39, 0.29) is 17.6 Å². The zero-order valence-corrected chi connectivity index (χ0v) is 10.5. The minimum atomic E-state index is -1.04. The highest BCUT2D eigenvalue weighted by Crippen LogP contribution is 2.56. The minimum absolute atomic E-state index is 0.0648. The Hall–Kier alpha value is -0.930. The third-order valence-electron chi connectivity index (χ3n) is 4.70. The van der Waals surface area contributed by atoms with Crippen LogP contribution in [0.15, 0.2) is 23.8 Å². The Balaban J connectivity index is 2.13. The quantitative estimate of drug-likeness (QED) is 0.541. The van der Waals surface area contributed by atoms with Crippen molar-refractivity contribution in [3.63, 3.8) is 0 Å². The fourth-order valence-corrected chi connectivity index (χ4v) is 4.03.